The summed E-state index contributed by atoms with van der Waals surface area (Å²) < 4.78 is 66.7. The van der Waals surface area contributed by atoms with Gasteiger partial charge < -0.3 is 15.4 Å². The fraction of sp³-hybridized carbons (Fsp3) is 0.316. The van der Waals surface area contributed by atoms with E-state index in [-0.39, 0.29) is 22.8 Å². The summed E-state index contributed by atoms with van der Waals surface area (Å²) in [6.45, 7) is -1.16. The molecule has 0 aliphatic carbocycles. The Morgan fingerprint density at radius 2 is 1.86 bits per heavy atom. The first-order valence-electron chi connectivity index (χ1n) is 8.58. The minimum absolute atomic E-state index is 0.0518. The third-order valence-electron chi connectivity index (χ3n) is 4.05. The summed E-state index contributed by atoms with van der Waals surface area (Å²) in [6.07, 6.45) is 1.15. The molecule has 10 heteroatoms. The van der Waals surface area contributed by atoms with E-state index in [2.05, 4.69) is 20.4 Å². The number of benzene rings is 2. The van der Waals surface area contributed by atoms with Gasteiger partial charge in [0.05, 0.1) is 4.90 Å². The van der Waals surface area contributed by atoms with Gasteiger partial charge in [0.15, 0.2) is 15.8 Å². The third kappa shape index (κ3) is 6.38. The van der Waals surface area contributed by atoms with Crippen LogP contribution < -0.4 is 15.4 Å². The van der Waals surface area contributed by atoms with Crippen molar-refractivity contribution in [1.29, 1.82) is 0 Å². The number of nitrogens with zero attached hydrogens (tertiary/aromatic N) is 1. The van der Waals surface area contributed by atoms with E-state index < -0.39 is 22.3 Å². The summed E-state index contributed by atoms with van der Waals surface area (Å²) in [5.74, 6) is -0.630. The quantitative estimate of drug-likeness (QED) is 0.523. The number of sulfone groups is 1. The molecule has 2 aromatic rings. The van der Waals surface area contributed by atoms with Crippen LogP contribution in [0.2, 0.25) is 0 Å². The summed E-state index contributed by atoms with van der Waals surface area (Å²) in [6, 6.07) is 8.64. The van der Waals surface area contributed by atoms with Gasteiger partial charge >= 0.3 is 6.61 Å². The smallest absolute Gasteiger partial charge is 0.387 e. The van der Waals surface area contributed by atoms with Crippen LogP contribution in [0.1, 0.15) is 16.7 Å². The van der Waals surface area contributed by atoms with Crippen LogP contribution in [0.5, 0.6) is 5.75 Å². The highest BCUT2D eigenvalue weighted by Gasteiger charge is 2.14. The number of aliphatic imine (C=N–C) groups is 1. The van der Waals surface area contributed by atoms with Gasteiger partial charge in [-0.15, -0.1) is 0 Å². The number of hydrogen-bond acceptors (Lipinski definition) is 4. The van der Waals surface area contributed by atoms with Crippen LogP contribution in [0, 0.1) is 12.7 Å². The maximum atomic E-state index is 14.0. The minimum Gasteiger partial charge on any atom is -0.434 e. The first-order valence-corrected chi connectivity index (χ1v) is 10.5. The van der Waals surface area contributed by atoms with E-state index in [1.165, 1.54) is 25.2 Å². The maximum absolute atomic E-state index is 14.0. The van der Waals surface area contributed by atoms with Crippen LogP contribution in [-0.4, -0.2) is 34.3 Å². The number of rotatable bonds is 7. The first-order chi connectivity index (χ1) is 13.6. The molecule has 0 aliphatic rings. The molecule has 0 aliphatic heterocycles. The van der Waals surface area contributed by atoms with Crippen molar-refractivity contribution in [2.45, 2.75) is 31.5 Å². The lowest BCUT2D eigenvalue weighted by Crippen LogP contribution is -2.36. The van der Waals surface area contributed by atoms with E-state index in [4.69, 9.17) is 0 Å². The number of hydrogen-bond donors (Lipinski definition) is 2. The summed E-state index contributed by atoms with van der Waals surface area (Å²) in [7, 11) is -1.79. The predicted molar refractivity (Wildman–Crippen MR) is 104 cm³/mol. The average Bonchev–Trinajstić information content (AvgIpc) is 2.62. The van der Waals surface area contributed by atoms with Crippen LogP contribution in [-0.2, 0) is 22.9 Å². The Morgan fingerprint density at radius 3 is 2.45 bits per heavy atom. The number of alkyl halides is 2. The molecule has 0 radical (unpaired) electrons. The Kier molecular flexibility index (Phi) is 7.49. The largest absolute Gasteiger partial charge is 0.434 e. The van der Waals surface area contributed by atoms with Crippen LogP contribution in [0.25, 0.3) is 0 Å². The molecule has 0 saturated heterocycles. The zero-order chi connectivity index (χ0) is 21.6. The standard InChI is InChI=1S/C19H22F3N3O3S/c1-12-9-13(7-8-17(12)29(3,26)27)10-24-19(23-2)25-11-14-15(20)5-4-6-16(14)28-18(21)22/h4-9,18H,10-11H2,1-3H3,(H2,23,24,25). The van der Waals surface area contributed by atoms with Crippen molar-refractivity contribution in [3.63, 3.8) is 0 Å². The van der Waals surface area contributed by atoms with Gasteiger partial charge in [0, 0.05) is 32.0 Å². The molecule has 2 N–H and O–H groups in total. The van der Waals surface area contributed by atoms with Gasteiger partial charge in [-0.2, -0.15) is 8.78 Å². The zero-order valence-electron chi connectivity index (χ0n) is 16.2. The minimum atomic E-state index is -3.30. The van der Waals surface area contributed by atoms with E-state index in [1.54, 1.807) is 19.1 Å². The second-order valence-electron chi connectivity index (χ2n) is 6.25. The van der Waals surface area contributed by atoms with Crippen LogP contribution in [0.4, 0.5) is 13.2 Å². The molecule has 0 atom stereocenters. The summed E-state index contributed by atoms with van der Waals surface area (Å²) in [4.78, 5) is 4.26. The van der Waals surface area contributed by atoms with Gasteiger partial charge in [0.2, 0.25) is 0 Å². The van der Waals surface area contributed by atoms with E-state index in [9.17, 15) is 21.6 Å². The van der Waals surface area contributed by atoms with Crippen molar-refractivity contribution in [2.24, 2.45) is 4.99 Å². The number of guanidine groups is 1. The predicted octanol–water partition coefficient (Wildman–Crippen LogP) is 3.00. The van der Waals surface area contributed by atoms with E-state index in [0.717, 1.165) is 17.9 Å². The number of aryl methyl sites for hydroxylation is 1. The Bertz CT molecular complexity index is 995. The van der Waals surface area contributed by atoms with Gasteiger partial charge in [0.1, 0.15) is 11.6 Å². The Hall–Kier alpha value is -2.75. The molecule has 0 bridgehead atoms. The topological polar surface area (TPSA) is 79.8 Å². The molecule has 0 amide bonds. The van der Waals surface area contributed by atoms with Gasteiger partial charge in [-0.1, -0.05) is 18.2 Å². The summed E-state index contributed by atoms with van der Waals surface area (Å²) in [5, 5.41) is 5.84. The molecule has 2 aromatic carbocycles. The zero-order valence-corrected chi connectivity index (χ0v) is 17.0. The molecule has 6 nitrogen and oxygen atoms in total. The molecule has 0 fully saturated rings. The molecule has 2 rings (SSSR count). The lowest BCUT2D eigenvalue weighted by molar-refractivity contribution is -0.0506. The van der Waals surface area contributed by atoms with Crippen LogP contribution in [0.15, 0.2) is 46.3 Å². The number of nitrogens with one attached hydrogen (secondary N) is 2. The van der Waals surface area contributed by atoms with Crippen molar-refractivity contribution < 1.29 is 26.3 Å². The summed E-state index contributed by atoms with van der Waals surface area (Å²) in [5.41, 5.74) is 1.38. The average molecular weight is 429 g/mol. The molecule has 0 spiro atoms. The van der Waals surface area contributed by atoms with Gasteiger partial charge in [-0.25, -0.2) is 12.8 Å². The van der Waals surface area contributed by atoms with Crippen LogP contribution >= 0.6 is 0 Å². The highest BCUT2D eigenvalue weighted by Crippen LogP contribution is 2.23. The normalized spacial score (nSPS) is 12.2. The molecular formula is C19H22F3N3O3S. The molecule has 0 heterocycles. The summed E-state index contributed by atoms with van der Waals surface area (Å²) >= 11 is 0. The Morgan fingerprint density at radius 1 is 1.17 bits per heavy atom. The van der Waals surface area contributed by atoms with Crippen molar-refractivity contribution in [3.05, 3.63) is 58.9 Å². The van der Waals surface area contributed by atoms with Crippen molar-refractivity contribution >= 4 is 15.8 Å². The lowest BCUT2D eigenvalue weighted by Gasteiger charge is -2.15. The van der Waals surface area contributed by atoms with E-state index >= 15 is 0 Å². The monoisotopic (exact) mass is 429 g/mol. The number of ether oxygens (including phenoxy) is 1. The van der Waals surface area contributed by atoms with Crippen LogP contribution in [0.3, 0.4) is 0 Å². The maximum Gasteiger partial charge on any atom is 0.387 e. The highest BCUT2D eigenvalue weighted by atomic mass is 32.2. The van der Waals surface area contributed by atoms with Crippen molar-refractivity contribution in [1.82, 2.24) is 10.6 Å². The highest BCUT2D eigenvalue weighted by molar-refractivity contribution is 7.90. The SMILES string of the molecule is CN=C(NCc1ccc(S(C)(=O)=O)c(C)c1)NCc1c(F)cccc1OC(F)F. The molecule has 0 unspecified atom stereocenters. The fourth-order valence-electron chi connectivity index (χ4n) is 2.73. The Balaban J connectivity index is 2.04. The lowest BCUT2D eigenvalue weighted by atomic mass is 10.1. The van der Waals surface area contributed by atoms with Gasteiger partial charge in [-0.3, -0.25) is 4.99 Å². The molecule has 158 valence electrons. The first kappa shape index (κ1) is 22.5. The second-order valence-corrected chi connectivity index (χ2v) is 8.23. The van der Waals surface area contributed by atoms with Crippen molar-refractivity contribution in [2.75, 3.05) is 13.3 Å². The van der Waals surface area contributed by atoms with Crippen molar-refractivity contribution in [3.8, 4) is 5.75 Å². The van der Waals surface area contributed by atoms with Gasteiger partial charge in [0.25, 0.3) is 0 Å². The molecule has 0 aromatic heterocycles. The number of halogens is 3. The fourth-order valence-corrected chi connectivity index (χ4v) is 3.69. The Labute approximate surface area is 167 Å². The van der Waals surface area contributed by atoms with E-state index in [0.29, 0.717) is 18.1 Å². The second kappa shape index (κ2) is 9.64. The molecule has 0 saturated carbocycles. The van der Waals surface area contributed by atoms with E-state index in [1.807, 2.05) is 0 Å². The molecule has 29 heavy (non-hydrogen) atoms. The van der Waals surface area contributed by atoms with Gasteiger partial charge in [-0.05, 0) is 36.2 Å². The third-order valence-corrected chi connectivity index (χ3v) is 5.30. The molecular weight excluding hydrogens is 407 g/mol.